The van der Waals surface area contributed by atoms with Gasteiger partial charge in [0.25, 0.3) is 0 Å². The van der Waals surface area contributed by atoms with Crippen LogP contribution in [0.2, 0.25) is 0 Å². The highest BCUT2D eigenvalue weighted by Crippen LogP contribution is 2.32. The smallest absolute Gasteiger partial charge is 0.175 e. The molecule has 5 nitrogen and oxygen atoms in total. The lowest BCUT2D eigenvalue weighted by molar-refractivity contribution is 0.460. The number of aryl methyl sites for hydroxylation is 2. The van der Waals surface area contributed by atoms with Crippen molar-refractivity contribution >= 4 is 20.9 Å². The molecule has 0 aliphatic carbocycles. The highest BCUT2D eigenvalue weighted by molar-refractivity contribution is 7.90. The molecule has 1 aromatic heterocycles. The van der Waals surface area contributed by atoms with Gasteiger partial charge in [0.1, 0.15) is 5.82 Å². The van der Waals surface area contributed by atoms with Crippen molar-refractivity contribution < 1.29 is 8.42 Å². The molecule has 5 rings (SSSR count). The second-order valence-electron chi connectivity index (χ2n) is 9.10. The van der Waals surface area contributed by atoms with Gasteiger partial charge in [-0.15, -0.1) is 0 Å². The molecular weight excluding hydrogens is 430 g/mol. The van der Waals surface area contributed by atoms with Crippen molar-refractivity contribution in [1.29, 1.82) is 0 Å². The summed E-state index contributed by atoms with van der Waals surface area (Å²) in [6.07, 6.45) is 3.63. The lowest BCUT2D eigenvalue weighted by Gasteiger charge is -2.23. The summed E-state index contributed by atoms with van der Waals surface area (Å²) in [6, 6.07) is 20.4. The third-order valence-corrected chi connectivity index (χ3v) is 7.90. The molecule has 0 amide bonds. The Hall–Kier alpha value is -2.96. The van der Waals surface area contributed by atoms with Gasteiger partial charge in [0.15, 0.2) is 9.84 Å². The SMILES string of the molecule is Cc1cc(-c2ccc(C3CCNCC3)cc2)cc2c1nc(-c1ccc(S(C)(=O)=O)cc1)n2C. The number of hydrogen-bond donors (Lipinski definition) is 1. The molecule has 33 heavy (non-hydrogen) atoms. The van der Waals surface area contributed by atoms with Gasteiger partial charge in [-0.3, -0.25) is 0 Å². The normalized spacial score (nSPS) is 15.2. The van der Waals surface area contributed by atoms with Gasteiger partial charge in [0, 0.05) is 18.9 Å². The number of fused-ring (bicyclic) bond motifs is 1. The molecule has 1 fully saturated rings. The van der Waals surface area contributed by atoms with E-state index in [1.807, 2.05) is 19.2 Å². The molecule has 0 saturated carbocycles. The van der Waals surface area contributed by atoms with Crippen LogP contribution >= 0.6 is 0 Å². The molecule has 6 heteroatoms. The largest absolute Gasteiger partial charge is 0.327 e. The Labute approximate surface area is 195 Å². The maximum Gasteiger partial charge on any atom is 0.175 e. The second kappa shape index (κ2) is 8.43. The van der Waals surface area contributed by atoms with Crippen molar-refractivity contribution in [2.75, 3.05) is 19.3 Å². The first-order valence-corrected chi connectivity index (χ1v) is 13.3. The van der Waals surface area contributed by atoms with Crippen molar-refractivity contribution in [3.8, 4) is 22.5 Å². The first kappa shape index (κ1) is 21.9. The van der Waals surface area contributed by atoms with Crippen molar-refractivity contribution in [2.24, 2.45) is 7.05 Å². The fraction of sp³-hybridized carbons (Fsp3) is 0.296. The van der Waals surface area contributed by atoms with E-state index in [1.165, 1.54) is 35.8 Å². The summed E-state index contributed by atoms with van der Waals surface area (Å²) in [4.78, 5) is 5.21. The summed E-state index contributed by atoms with van der Waals surface area (Å²) in [7, 11) is -1.21. The molecule has 3 aromatic carbocycles. The van der Waals surface area contributed by atoms with Gasteiger partial charge in [-0.1, -0.05) is 24.3 Å². The molecule has 2 heterocycles. The lowest BCUT2D eigenvalue weighted by Crippen LogP contribution is -2.26. The standard InChI is InChI=1S/C27H29N3O2S/c1-18-16-23(20-6-4-19(5-7-20)21-12-14-28-15-13-21)17-25-26(18)29-27(30(25)2)22-8-10-24(11-9-22)33(3,31)32/h4-11,16-17,21,28H,12-15H2,1-3H3. The molecule has 170 valence electrons. The number of rotatable bonds is 4. The molecular formula is C27H29N3O2S. The van der Waals surface area contributed by atoms with Crippen LogP contribution in [0.4, 0.5) is 0 Å². The molecule has 1 aliphatic heterocycles. The number of nitrogens with one attached hydrogen (secondary N) is 1. The first-order valence-electron chi connectivity index (χ1n) is 11.4. The van der Waals surface area contributed by atoms with E-state index in [0.29, 0.717) is 10.8 Å². The third-order valence-electron chi connectivity index (χ3n) is 6.77. The fourth-order valence-electron chi connectivity index (χ4n) is 4.84. The van der Waals surface area contributed by atoms with Crippen LogP contribution in [0, 0.1) is 6.92 Å². The van der Waals surface area contributed by atoms with Crippen molar-refractivity contribution in [3.05, 3.63) is 71.8 Å². The van der Waals surface area contributed by atoms with Crippen molar-refractivity contribution in [1.82, 2.24) is 14.9 Å². The lowest BCUT2D eigenvalue weighted by atomic mass is 9.89. The predicted octanol–water partition coefficient (Wildman–Crippen LogP) is 5.09. The zero-order chi connectivity index (χ0) is 23.2. The second-order valence-corrected chi connectivity index (χ2v) is 11.1. The van der Waals surface area contributed by atoms with Crippen LogP contribution in [0.1, 0.15) is 29.9 Å². The molecule has 0 atom stereocenters. The van der Waals surface area contributed by atoms with Crippen LogP contribution in [0.15, 0.2) is 65.6 Å². The van der Waals surface area contributed by atoms with Crippen LogP contribution in [0.3, 0.4) is 0 Å². The molecule has 0 bridgehead atoms. The minimum absolute atomic E-state index is 0.316. The van der Waals surface area contributed by atoms with Crippen LogP contribution < -0.4 is 5.32 Å². The Balaban J connectivity index is 1.51. The number of nitrogens with zero attached hydrogens (tertiary/aromatic N) is 2. The van der Waals surface area contributed by atoms with Gasteiger partial charge in [0.2, 0.25) is 0 Å². The third kappa shape index (κ3) is 4.21. The number of sulfone groups is 1. The highest BCUT2D eigenvalue weighted by atomic mass is 32.2. The number of piperidine rings is 1. The summed E-state index contributed by atoms with van der Waals surface area (Å²) in [5.41, 5.74) is 7.87. The average Bonchev–Trinajstić information content (AvgIpc) is 3.16. The van der Waals surface area contributed by atoms with E-state index in [2.05, 4.69) is 53.2 Å². The molecule has 4 aromatic rings. The Morgan fingerprint density at radius 2 is 1.55 bits per heavy atom. The molecule has 1 aliphatic rings. The molecule has 1 N–H and O–H groups in total. The maximum absolute atomic E-state index is 11.8. The Kier molecular flexibility index (Phi) is 5.59. The van der Waals surface area contributed by atoms with Gasteiger partial charge in [0.05, 0.1) is 15.9 Å². The average molecular weight is 460 g/mol. The van der Waals surface area contributed by atoms with Crippen LogP contribution in [-0.4, -0.2) is 37.3 Å². The number of hydrogen-bond acceptors (Lipinski definition) is 4. The van der Waals surface area contributed by atoms with E-state index in [4.69, 9.17) is 4.98 Å². The molecule has 1 saturated heterocycles. The Morgan fingerprint density at radius 1 is 0.909 bits per heavy atom. The van der Waals surface area contributed by atoms with E-state index >= 15 is 0 Å². The van der Waals surface area contributed by atoms with E-state index in [1.54, 1.807) is 12.1 Å². The predicted molar refractivity (Wildman–Crippen MR) is 134 cm³/mol. The quantitative estimate of drug-likeness (QED) is 0.462. The van der Waals surface area contributed by atoms with E-state index in [9.17, 15) is 8.42 Å². The van der Waals surface area contributed by atoms with Gasteiger partial charge < -0.3 is 9.88 Å². The Morgan fingerprint density at radius 3 is 2.18 bits per heavy atom. The highest BCUT2D eigenvalue weighted by Gasteiger charge is 2.17. The summed E-state index contributed by atoms with van der Waals surface area (Å²) in [5.74, 6) is 1.48. The Bertz CT molecular complexity index is 1410. The van der Waals surface area contributed by atoms with Crippen molar-refractivity contribution in [2.45, 2.75) is 30.6 Å². The van der Waals surface area contributed by atoms with Gasteiger partial charge in [-0.2, -0.15) is 0 Å². The van der Waals surface area contributed by atoms with Crippen LogP contribution in [0.25, 0.3) is 33.5 Å². The van der Waals surface area contributed by atoms with E-state index in [-0.39, 0.29) is 0 Å². The molecule has 0 radical (unpaired) electrons. The topological polar surface area (TPSA) is 64.0 Å². The van der Waals surface area contributed by atoms with E-state index < -0.39 is 9.84 Å². The van der Waals surface area contributed by atoms with Gasteiger partial charge in [-0.05, 0) is 97.4 Å². The van der Waals surface area contributed by atoms with Gasteiger partial charge >= 0.3 is 0 Å². The monoisotopic (exact) mass is 459 g/mol. The summed E-state index contributed by atoms with van der Waals surface area (Å²) in [6.45, 7) is 4.29. The number of imidazole rings is 1. The summed E-state index contributed by atoms with van der Waals surface area (Å²) in [5, 5.41) is 3.44. The maximum atomic E-state index is 11.8. The fourth-order valence-corrected chi connectivity index (χ4v) is 5.47. The van der Waals surface area contributed by atoms with Crippen molar-refractivity contribution in [3.63, 3.8) is 0 Å². The zero-order valence-corrected chi connectivity index (χ0v) is 20.1. The van der Waals surface area contributed by atoms with Crippen LogP contribution in [-0.2, 0) is 16.9 Å². The molecule has 0 spiro atoms. The number of benzene rings is 3. The summed E-state index contributed by atoms with van der Waals surface area (Å²) < 4.78 is 25.7. The minimum Gasteiger partial charge on any atom is -0.327 e. The van der Waals surface area contributed by atoms with E-state index in [0.717, 1.165) is 41.1 Å². The summed E-state index contributed by atoms with van der Waals surface area (Å²) >= 11 is 0. The first-order chi connectivity index (χ1) is 15.8. The van der Waals surface area contributed by atoms with Crippen LogP contribution in [0.5, 0.6) is 0 Å². The zero-order valence-electron chi connectivity index (χ0n) is 19.3. The minimum atomic E-state index is -3.22. The van der Waals surface area contributed by atoms with Gasteiger partial charge in [-0.25, -0.2) is 13.4 Å². The number of aromatic nitrogens is 2. The molecule has 0 unspecified atom stereocenters.